The average molecular weight is 194 g/mol. The average Bonchev–Trinajstić information content (AvgIpc) is 2.15. The van der Waals surface area contributed by atoms with E-state index in [0.29, 0.717) is 18.3 Å². The van der Waals surface area contributed by atoms with Gasteiger partial charge < -0.3 is 15.8 Å². The van der Waals surface area contributed by atoms with Gasteiger partial charge in [-0.05, 0) is 12.1 Å². The van der Waals surface area contributed by atoms with Gasteiger partial charge in [0, 0.05) is 12.6 Å². The van der Waals surface area contributed by atoms with Gasteiger partial charge in [-0.1, -0.05) is 26.0 Å². The molecule has 0 amide bonds. The first-order valence-corrected chi connectivity index (χ1v) is 4.91. The molecule has 0 heterocycles. The fourth-order valence-electron chi connectivity index (χ4n) is 1.12. The number of nitrogens with two attached hydrogens (primary N) is 1. The van der Waals surface area contributed by atoms with Gasteiger partial charge in [0.1, 0.15) is 12.4 Å². The molecule has 0 aliphatic heterocycles. The fraction of sp³-hybridized carbons (Fsp3) is 0.455. The topological polar surface area (TPSA) is 47.3 Å². The Morgan fingerprint density at radius 3 is 2.71 bits per heavy atom. The van der Waals surface area contributed by atoms with Crippen LogP contribution >= 0.6 is 0 Å². The van der Waals surface area contributed by atoms with Crippen LogP contribution in [0, 0.1) is 0 Å². The van der Waals surface area contributed by atoms with Gasteiger partial charge in [0.05, 0.1) is 5.69 Å². The zero-order valence-corrected chi connectivity index (χ0v) is 8.79. The normalized spacial score (nSPS) is 10.5. The Kier molecular flexibility index (Phi) is 4.26. The highest BCUT2D eigenvalue weighted by Crippen LogP contribution is 2.19. The molecule has 0 fully saturated rings. The molecule has 3 N–H and O–H groups in total. The van der Waals surface area contributed by atoms with Crippen molar-refractivity contribution in [2.24, 2.45) is 0 Å². The molecule has 0 aliphatic rings. The lowest BCUT2D eigenvalue weighted by atomic mass is 10.3. The van der Waals surface area contributed by atoms with Crippen molar-refractivity contribution in [1.29, 1.82) is 0 Å². The number of hydrogen-bond donors (Lipinski definition) is 2. The van der Waals surface area contributed by atoms with Gasteiger partial charge in [-0.3, -0.25) is 0 Å². The lowest BCUT2D eigenvalue weighted by Crippen LogP contribution is -2.27. The lowest BCUT2D eigenvalue weighted by Gasteiger charge is -2.10. The summed E-state index contributed by atoms with van der Waals surface area (Å²) in [5.74, 6) is 0.762. The van der Waals surface area contributed by atoms with Gasteiger partial charge in [0.15, 0.2) is 0 Å². The Hall–Kier alpha value is -1.22. The minimum atomic E-state index is 0.492. The van der Waals surface area contributed by atoms with Gasteiger partial charge in [-0.25, -0.2) is 0 Å². The molecule has 0 spiro atoms. The summed E-state index contributed by atoms with van der Waals surface area (Å²) in [5.41, 5.74) is 6.41. The number of benzene rings is 1. The molecule has 0 saturated heterocycles. The van der Waals surface area contributed by atoms with E-state index in [-0.39, 0.29) is 0 Å². The second-order valence-electron chi connectivity index (χ2n) is 3.50. The minimum Gasteiger partial charge on any atom is -0.490 e. The van der Waals surface area contributed by atoms with E-state index in [2.05, 4.69) is 19.2 Å². The van der Waals surface area contributed by atoms with E-state index in [1.165, 1.54) is 0 Å². The van der Waals surface area contributed by atoms with Gasteiger partial charge in [0.2, 0.25) is 0 Å². The van der Waals surface area contributed by atoms with E-state index >= 15 is 0 Å². The standard InChI is InChI=1S/C11H18N2O/c1-9(2)13-7-8-14-11-6-4-3-5-10(11)12/h3-6,9,13H,7-8,12H2,1-2H3. The van der Waals surface area contributed by atoms with E-state index in [1.807, 2.05) is 24.3 Å². The number of ether oxygens (including phenoxy) is 1. The second-order valence-corrected chi connectivity index (χ2v) is 3.50. The molecule has 0 saturated carbocycles. The Morgan fingerprint density at radius 1 is 1.36 bits per heavy atom. The molecule has 0 aromatic heterocycles. The third kappa shape index (κ3) is 3.66. The van der Waals surface area contributed by atoms with Crippen LogP contribution in [0.1, 0.15) is 13.8 Å². The van der Waals surface area contributed by atoms with Crippen molar-refractivity contribution in [3.63, 3.8) is 0 Å². The second kappa shape index (κ2) is 5.50. The summed E-state index contributed by atoms with van der Waals surface area (Å²) in [6.07, 6.45) is 0. The minimum absolute atomic E-state index is 0.492. The highest BCUT2D eigenvalue weighted by Gasteiger charge is 1.97. The van der Waals surface area contributed by atoms with Crippen LogP contribution in [-0.4, -0.2) is 19.2 Å². The monoisotopic (exact) mass is 194 g/mol. The number of rotatable bonds is 5. The highest BCUT2D eigenvalue weighted by molar-refractivity contribution is 5.51. The van der Waals surface area contributed by atoms with E-state index < -0.39 is 0 Å². The van der Waals surface area contributed by atoms with E-state index in [0.717, 1.165) is 12.3 Å². The summed E-state index contributed by atoms with van der Waals surface area (Å²) in [5, 5.41) is 3.27. The Bertz CT molecular complexity index is 274. The molecule has 3 nitrogen and oxygen atoms in total. The summed E-state index contributed by atoms with van der Waals surface area (Å²) >= 11 is 0. The molecule has 0 radical (unpaired) electrons. The molecule has 1 aromatic rings. The summed E-state index contributed by atoms with van der Waals surface area (Å²) < 4.78 is 5.50. The first kappa shape index (κ1) is 10.9. The highest BCUT2D eigenvalue weighted by atomic mass is 16.5. The quantitative estimate of drug-likeness (QED) is 0.553. The van der Waals surface area contributed by atoms with Crippen molar-refractivity contribution >= 4 is 5.69 Å². The predicted molar refractivity (Wildman–Crippen MR) is 59.5 cm³/mol. The maximum absolute atomic E-state index is 5.72. The number of nitrogens with one attached hydrogen (secondary N) is 1. The summed E-state index contributed by atoms with van der Waals surface area (Å²) in [6, 6.07) is 8.03. The maximum Gasteiger partial charge on any atom is 0.142 e. The van der Waals surface area contributed by atoms with Crippen molar-refractivity contribution in [3.05, 3.63) is 24.3 Å². The van der Waals surface area contributed by atoms with Crippen LogP contribution in [0.2, 0.25) is 0 Å². The molecule has 14 heavy (non-hydrogen) atoms. The molecule has 0 aliphatic carbocycles. The predicted octanol–water partition coefficient (Wildman–Crippen LogP) is 1.65. The Labute approximate surface area is 85.3 Å². The van der Waals surface area contributed by atoms with E-state index in [9.17, 15) is 0 Å². The SMILES string of the molecule is CC(C)NCCOc1ccccc1N. The Balaban J connectivity index is 2.28. The molecule has 0 atom stereocenters. The van der Waals surface area contributed by atoms with Gasteiger partial charge in [-0.15, -0.1) is 0 Å². The molecule has 3 heteroatoms. The fourth-order valence-corrected chi connectivity index (χ4v) is 1.12. The summed E-state index contributed by atoms with van der Waals surface area (Å²) in [4.78, 5) is 0. The smallest absolute Gasteiger partial charge is 0.142 e. The molecular weight excluding hydrogens is 176 g/mol. The van der Waals surface area contributed by atoms with Crippen LogP contribution in [0.4, 0.5) is 5.69 Å². The molecule has 1 aromatic carbocycles. The summed E-state index contributed by atoms with van der Waals surface area (Å²) in [6.45, 7) is 5.70. The zero-order valence-electron chi connectivity index (χ0n) is 8.79. The third-order valence-electron chi connectivity index (χ3n) is 1.83. The van der Waals surface area contributed by atoms with Crippen molar-refractivity contribution < 1.29 is 4.74 Å². The third-order valence-corrected chi connectivity index (χ3v) is 1.83. The van der Waals surface area contributed by atoms with Crippen LogP contribution in [0.5, 0.6) is 5.75 Å². The van der Waals surface area contributed by atoms with Crippen LogP contribution in [0.25, 0.3) is 0 Å². The lowest BCUT2D eigenvalue weighted by molar-refractivity contribution is 0.310. The first-order chi connectivity index (χ1) is 6.70. The van der Waals surface area contributed by atoms with Crippen molar-refractivity contribution in [3.8, 4) is 5.75 Å². The van der Waals surface area contributed by atoms with Crippen molar-refractivity contribution in [2.45, 2.75) is 19.9 Å². The molecule has 0 unspecified atom stereocenters. The first-order valence-electron chi connectivity index (χ1n) is 4.91. The zero-order chi connectivity index (χ0) is 10.4. The van der Waals surface area contributed by atoms with Gasteiger partial charge in [-0.2, -0.15) is 0 Å². The van der Waals surface area contributed by atoms with Crippen molar-refractivity contribution in [1.82, 2.24) is 5.32 Å². The van der Waals surface area contributed by atoms with E-state index in [1.54, 1.807) is 0 Å². The van der Waals surface area contributed by atoms with Crippen LogP contribution < -0.4 is 15.8 Å². The molecule has 1 rings (SSSR count). The summed E-state index contributed by atoms with van der Waals surface area (Å²) in [7, 11) is 0. The van der Waals surface area contributed by atoms with Gasteiger partial charge >= 0.3 is 0 Å². The van der Waals surface area contributed by atoms with Crippen LogP contribution in [-0.2, 0) is 0 Å². The number of para-hydroxylation sites is 2. The van der Waals surface area contributed by atoms with E-state index in [4.69, 9.17) is 10.5 Å². The van der Waals surface area contributed by atoms with Gasteiger partial charge in [0.25, 0.3) is 0 Å². The number of nitrogen functional groups attached to an aromatic ring is 1. The largest absolute Gasteiger partial charge is 0.490 e. The van der Waals surface area contributed by atoms with Crippen LogP contribution in [0.3, 0.4) is 0 Å². The van der Waals surface area contributed by atoms with Crippen LogP contribution in [0.15, 0.2) is 24.3 Å². The number of hydrogen-bond acceptors (Lipinski definition) is 3. The number of anilines is 1. The molecule has 78 valence electrons. The van der Waals surface area contributed by atoms with Crippen molar-refractivity contribution in [2.75, 3.05) is 18.9 Å². The Morgan fingerprint density at radius 2 is 2.07 bits per heavy atom. The maximum atomic E-state index is 5.72. The molecule has 0 bridgehead atoms. The molecular formula is C11H18N2O.